The third-order valence-electron chi connectivity index (χ3n) is 0.765. The zero-order valence-electron chi connectivity index (χ0n) is 4.81. The molecular weight excluding hydrogens is 138 g/mol. The van der Waals surface area contributed by atoms with E-state index < -0.39 is 0 Å². The molecule has 0 fully saturated rings. The summed E-state index contributed by atoms with van der Waals surface area (Å²) in [5, 5.41) is 6.44. The molecule has 1 rings (SSSR count). The molecule has 0 atom stereocenters. The molecule has 0 bridgehead atoms. The van der Waals surface area contributed by atoms with Gasteiger partial charge in [0, 0.05) is 19.0 Å². The highest BCUT2D eigenvalue weighted by atomic mass is 32.2. The summed E-state index contributed by atoms with van der Waals surface area (Å²) in [6.45, 7) is 0. The van der Waals surface area contributed by atoms with Crippen molar-refractivity contribution in [3.8, 4) is 0 Å². The molecule has 0 amide bonds. The largest absolute Gasteiger partial charge is 0.237 e. The second-order valence-corrected chi connectivity index (χ2v) is 2.62. The molecule has 5 heteroatoms. The number of nitroso groups, excluding NO2 is 1. The van der Waals surface area contributed by atoms with Crippen molar-refractivity contribution >= 4 is 18.2 Å². The summed E-state index contributed by atoms with van der Waals surface area (Å²) in [6, 6.07) is 0. The molecule has 0 aromatic carbocycles. The van der Waals surface area contributed by atoms with Gasteiger partial charge in [-0.2, -0.15) is 5.10 Å². The normalized spacial score (nSPS) is 21.4. The van der Waals surface area contributed by atoms with Crippen LogP contribution in [0.15, 0.2) is 21.4 Å². The Hall–Kier alpha value is -0.840. The average Bonchev–Trinajstić information content (AvgIpc) is 2.17. The zero-order chi connectivity index (χ0) is 6.69. The van der Waals surface area contributed by atoms with Gasteiger partial charge >= 0.3 is 0 Å². The first-order valence-corrected chi connectivity index (χ1v) is 3.08. The number of rotatable bonds is 1. The minimum atomic E-state index is 0.771. The summed E-state index contributed by atoms with van der Waals surface area (Å²) in [5.74, 6) is 0. The number of hydrogen-bond acceptors (Lipinski definition) is 5. The lowest BCUT2D eigenvalue weighted by Crippen LogP contribution is -1.90. The van der Waals surface area contributed by atoms with Gasteiger partial charge in [-0.05, 0) is 5.18 Å². The fourth-order valence-corrected chi connectivity index (χ4v) is 1.03. The smallest absolute Gasteiger partial charge is 0.0885 e. The fraction of sp³-hybridized carbons (Fsp3) is 0.250. The van der Waals surface area contributed by atoms with E-state index in [4.69, 9.17) is 0 Å². The maximum atomic E-state index is 9.65. The van der Waals surface area contributed by atoms with E-state index in [-0.39, 0.29) is 0 Å². The van der Waals surface area contributed by atoms with Crippen molar-refractivity contribution in [2.45, 2.75) is 0 Å². The molecule has 0 spiro atoms. The summed E-state index contributed by atoms with van der Waals surface area (Å²) in [4.78, 5) is 10.4. The van der Waals surface area contributed by atoms with Crippen molar-refractivity contribution in [1.29, 1.82) is 0 Å². The molecule has 9 heavy (non-hydrogen) atoms. The highest BCUT2D eigenvalue weighted by Crippen LogP contribution is 2.23. The quantitative estimate of drug-likeness (QED) is 0.409. The molecule has 1 heterocycles. The van der Waals surface area contributed by atoms with Crippen LogP contribution < -0.4 is 0 Å². The van der Waals surface area contributed by atoms with E-state index >= 15 is 0 Å². The van der Waals surface area contributed by atoms with Crippen LogP contribution in [0, 0.1) is 4.91 Å². The Labute approximate surface area is 56.7 Å². The Morgan fingerprint density at radius 2 is 2.78 bits per heavy atom. The van der Waals surface area contributed by atoms with Crippen molar-refractivity contribution in [2.24, 2.45) is 10.3 Å². The Kier molecular flexibility index (Phi) is 1.84. The first-order valence-electron chi connectivity index (χ1n) is 2.31. The van der Waals surface area contributed by atoms with Crippen LogP contribution in [0.3, 0.4) is 0 Å². The van der Waals surface area contributed by atoms with Gasteiger partial charge in [-0.3, -0.25) is 0 Å². The average molecular weight is 143 g/mol. The van der Waals surface area contributed by atoms with Gasteiger partial charge < -0.3 is 0 Å². The highest BCUT2D eigenvalue weighted by molar-refractivity contribution is 8.02. The molecule has 1 aliphatic rings. The molecule has 1 aliphatic heterocycles. The molecule has 0 aliphatic carbocycles. The topological polar surface area (TPSA) is 45.0 Å². The third kappa shape index (κ3) is 1.53. The molecule has 0 aromatic rings. The summed E-state index contributed by atoms with van der Waals surface area (Å²) in [5.41, 5.74) is 0. The predicted octanol–water partition coefficient (Wildman–Crippen LogP) is 1.17. The molecule has 0 saturated heterocycles. The van der Waals surface area contributed by atoms with Gasteiger partial charge in [0.15, 0.2) is 0 Å². The van der Waals surface area contributed by atoms with Crippen LogP contribution in [0.2, 0.25) is 0 Å². The number of hydrogen-bond donors (Lipinski definition) is 0. The van der Waals surface area contributed by atoms with E-state index in [1.54, 1.807) is 17.7 Å². The Morgan fingerprint density at radius 3 is 3.22 bits per heavy atom. The first-order chi connectivity index (χ1) is 4.33. The Balaban J connectivity index is 2.59. The summed E-state index contributed by atoms with van der Waals surface area (Å²) >= 11 is 1.37. The number of nitrogens with zero attached hydrogens (tertiary/aromatic N) is 3. The van der Waals surface area contributed by atoms with Crippen molar-refractivity contribution in [1.82, 2.24) is 4.41 Å². The van der Waals surface area contributed by atoms with Crippen molar-refractivity contribution in [3.63, 3.8) is 0 Å². The second-order valence-electron chi connectivity index (χ2n) is 1.44. The second kappa shape index (κ2) is 2.63. The minimum absolute atomic E-state index is 0.771. The summed E-state index contributed by atoms with van der Waals surface area (Å²) in [6.07, 6.45) is 2.82. The van der Waals surface area contributed by atoms with E-state index in [1.165, 1.54) is 18.1 Å². The monoisotopic (exact) mass is 143 g/mol. The van der Waals surface area contributed by atoms with E-state index in [0.717, 1.165) is 4.91 Å². The first kappa shape index (κ1) is 6.28. The van der Waals surface area contributed by atoms with Crippen molar-refractivity contribution < 1.29 is 0 Å². The lowest BCUT2D eigenvalue weighted by molar-refractivity contribution is 0.630. The molecule has 0 aromatic heterocycles. The van der Waals surface area contributed by atoms with Crippen molar-refractivity contribution in [3.05, 3.63) is 16.0 Å². The molecule has 0 unspecified atom stereocenters. The van der Waals surface area contributed by atoms with E-state index in [0.29, 0.717) is 0 Å². The molecule has 0 radical (unpaired) electrons. The predicted molar refractivity (Wildman–Crippen MR) is 37.7 cm³/mol. The maximum Gasteiger partial charge on any atom is 0.0885 e. The van der Waals surface area contributed by atoms with Crippen molar-refractivity contribution in [2.75, 3.05) is 7.05 Å². The molecule has 0 saturated carbocycles. The standard InChI is InChI=1S/C4H5N3OS/c1-7-5-2-4(9-7)3-6-8/h2-3H,1H3/b4-3-. The number of allylic oxidation sites excluding steroid dienone is 1. The molecule has 0 N–H and O–H groups in total. The summed E-state index contributed by atoms with van der Waals surface area (Å²) < 4.78 is 1.65. The minimum Gasteiger partial charge on any atom is -0.237 e. The van der Waals surface area contributed by atoms with Gasteiger partial charge in [0.05, 0.1) is 17.3 Å². The van der Waals surface area contributed by atoms with Crippen LogP contribution >= 0.6 is 11.9 Å². The third-order valence-corrected chi connectivity index (χ3v) is 1.55. The lowest BCUT2D eigenvalue weighted by atomic mass is 10.7. The van der Waals surface area contributed by atoms with Crippen LogP contribution in [0.1, 0.15) is 0 Å². The molecular formula is C4H5N3OS. The van der Waals surface area contributed by atoms with Crippen LogP contribution in [0.4, 0.5) is 0 Å². The van der Waals surface area contributed by atoms with Crippen LogP contribution in [-0.4, -0.2) is 17.7 Å². The van der Waals surface area contributed by atoms with Gasteiger partial charge in [-0.1, -0.05) is 0 Å². The van der Waals surface area contributed by atoms with Crippen LogP contribution in [-0.2, 0) is 0 Å². The van der Waals surface area contributed by atoms with Crippen LogP contribution in [0.5, 0.6) is 0 Å². The maximum absolute atomic E-state index is 9.65. The van der Waals surface area contributed by atoms with Gasteiger partial charge in [-0.25, -0.2) is 4.41 Å². The van der Waals surface area contributed by atoms with E-state index in [1.807, 2.05) is 0 Å². The van der Waals surface area contributed by atoms with Gasteiger partial charge in [0.1, 0.15) is 0 Å². The lowest BCUT2D eigenvalue weighted by Gasteiger charge is -1.99. The SMILES string of the molecule is CN1N=C/C(=C/N=O)S1. The fourth-order valence-electron chi connectivity index (χ4n) is 0.447. The Bertz CT molecular complexity index is 177. The van der Waals surface area contributed by atoms with Gasteiger partial charge in [0.25, 0.3) is 0 Å². The molecule has 4 nitrogen and oxygen atoms in total. The summed E-state index contributed by atoms with van der Waals surface area (Å²) in [7, 11) is 1.80. The number of hydrazone groups is 1. The molecule has 48 valence electrons. The van der Waals surface area contributed by atoms with E-state index in [9.17, 15) is 4.91 Å². The zero-order valence-corrected chi connectivity index (χ0v) is 5.63. The highest BCUT2D eigenvalue weighted by Gasteiger charge is 2.05. The van der Waals surface area contributed by atoms with Gasteiger partial charge in [-0.15, -0.1) is 4.91 Å². The Morgan fingerprint density at radius 1 is 2.00 bits per heavy atom. The van der Waals surface area contributed by atoms with Gasteiger partial charge in [0.2, 0.25) is 0 Å². The van der Waals surface area contributed by atoms with Crippen LogP contribution in [0.25, 0.3) is 0 Å². The van der Waals surface area contributed by atoms with E-state index in [2.05, 4.69) is 10.3 Å².